The number of fused-ring (bicyclic) bond motifs is 1. The van der Waals surface area contributed by atoms with Gasteiger partial charge in [-0.25, -0.2) is 23.1 Å². The summed E-state index contributed by atoms with van der Waals surface area (Å²) in [6.45, 7) is 5.29. The van der Waals surface area contributed by atoms with E-state index < -0.39 is 17.8 Å². The summed E-state index contributed by atoms with van der Waals surface area (Å²) in [6.07, 6.45) is 0.884. The van der Waals surface area contributed by atoms with Crippen molar-refractivity contribution >= 4 is 23.1 Å². The van der Waals surface area contributed by atoms with Gasteiger partial charge >= 0.3 is 0 Å². The second kappa shape index (κ2) is 9.53. The lowest BCUT2D eigenvalue weighted by molar-refractivity contribution is 0.0966. The predicted molar refractivity (Wildman–Crippen MR) is 128 cm³/mol. The maximum absolute atomic E-state index is 14.4. The Kier molecular flexibility index (Phi) is 6.29. The van der Waals surface area contributed by atoms with Crippen LogP contribution in [0.2, 0.25) is 0 Å². The van der Waals surface area contributed by atoms with E-state index in [1.165, 1.54) is 24.3 Å². The number of hydrogen-bond acceptors (Lipinski definition) is 6. The van der Waals surface area contributed by atoms with Gasteiger partial charge in [-0.2, -0.15) is 0 Å². The molecular formula is C25H25F3N6O. The zero-order valence-electron chi connectivity index (χ0n) is 19.2. The number of nitrogens with one attached hydrogen (secondary N) is 2. The van der Waals surface area contributed by atoms with Crippen molar-refractivity contribution < 1.29 is 18.0 Å². The van der Waals surface area contributed by atoms with Crippen molar-refractivity contribution in [1.29, 1.82) is 0 Å². The van der Waals surface area contributed by atoms with Crippen LogP contribution in [0.25, 0.3) is 11.3 Å². The average molecular weight is 483 g/mol. The summed E-state index contributed by atoms with van der Waals surface area (Å²) in [4.78, 5) is 25.5. The quantitative estimate of drug-likeness (QED) is 0.556. The molecule has 5 rings (SSSR count). The molecule has 2 aliphatic heterocycles. The number of hydrogen-bond donors (Lipinski definition) is 2. The van der Waals surface area contributed by atoms with Gasteiger partial charge in [0.05, 0.1) is 46.6 Å². The first-order chi connectivity index (χ1) is 16.9. The molecule has 3 aromatic rings. The van der Waals surface area contributed by atoms with E-state index in [0.29, 0.717) is 29.3 Å². The molecule has 2 aliphatic rings. The molecule has 1 amide bonds. The molecule has 1 aromatic carbocycles. The van der Waals surface area contributed by atoms with E-state index >= 15 is 0 Å². The molecule has 10 heteroatoms. The zero-order chi connectivity index (χ0) is 24.5. The smallest absolute Gasteiger partial charge is 0.255 e. The Labute approximate surface area is 201 Å². The molecule has 2 N–H and O–H groups in total. The zero-order valence-corrected chi connectivity index (χ0v) is 19.2. The van der Waals surface area contributed by atoms with Crippen LogP contribution >= 0.6 is 0 Å². The van der Waals surface area contributed by atoms with Crippen molar-refractivity contribution in [3.05, 3.63) is 65.5 Å². The fourth-order valence-electron chi connectivity index (χ4n) is 4.53. The van der Waals surface area contributed by atoms with Gasteiger partial charge in [-0.15, -0.1) is 0 Å². The van der Waals surface area contributed by atoms with Gasteiger partial charge in [-0.05, 0) is 37.3 Å². The topological polar surface area (TPSA) is 73.4 Å². The number of nitrogens with zero attached hydrogens (tertiary/aromatic N) is 4. The minimum Gasteiger partial charge on any atom is -0.368 e. The molecule has 0 radical (unpaired) electrons. The van der Waals surface area contributed by atoms with Gasteiger partial charge in [0.25, 0.3) is 5.91 Å². The number of alkyl halides is 1. The van der Waals surface area contributed by atoms with Crippen LogP contribution in [0.15, 0.2) is 42.6 Å². The van der Waals surface area contributed by atoms with Gasteiger partial charge in [0.15, 0.2) is 0 Å². The standard InChI is InChI=1S/C25H25F3N6O/c1-15(26)14-33-7-9-34(10-8-33)16-5-6-22(29-12-16)32-20-11-19(23-17(27)3-2-4-18(23)28)31-21-13-30-25(35)24(20)21/h2-6,11-12,15H,7-10,13-14H2,1H3,(H,30,35)(H,29,31,32). The first-order valence-corrected chi connectivity index (χ1v) is 11.5. The van der Waals surface area contributed by atoms with Crippen molar-refractivity contribution in [1.82, 2.24) is 20.2 Å². The van der Waals surface area contributed by atoms with Crippen LogP contribution in [0.4, 0.5) is 30.4 Å². The lowest BCUT2D eigenvalue weighted by Gasteiger charge is -2.36. The van der Waals surface area contributed by atoms with E-state index in [0.717, 1.165) is 31.9 Å². The molecular weight excluding hydrogens is 457 g/mol. The monoisotopic (exact) mass is 482 g/mol. The maximum Gasteiger partial charge on any atom is 0.255 e. The largest absolute Gasteiger partial charge is 0.368 e. The summed E-state index contributed by atoms with van der Waals surface area (Å²) in [5.41, 5.74) is 1.90. The number of carbonyl (C=O) groups excluding carboxylic acids is 1. The van der Waals surface area contributed by atoms with E-state index in [9.17, 15) is 18.0 Å². The first kappa shape index (κ1) is 23.1. The van der Waals surface area contributed by atoms with Crippen LogP contribution in [0, 0.1) is 11.6 Å². The van der Waals surface area contributed by atoms with Gasteiger partial charge in [0.2, 0.25) is 0 Å². The molecule has 0 saturated carbocycles. The molecule has 2 aromatic heterocycles. The van der Waals surface area contributed by atoms with E-state index in [1.54, 1.807) is 19.2 Å². The summed E-state index contributed by atoms with van der Waals surface area (Å²) in [5, 5.41) is 5.82. The number of rotatable bonds is 6. The molecule has 0 spiro atoms. The van der Waals surface area contributed by atoms with Crippen molar-refractivity contribution in [2.45, 2.75) is 19.6 Å². The number of carbonyl (C=O) groups is 1. The third-order valence-corrected chi connectivity index (χ3v) is 6.21. The third-order valence-electron chi connectivity index (χ3n) is 6.21. The molecule has 7 nitrogen and oxygen atoms in total. The van der Waals surface area contributed by atoms with Gasteiger partial charge in [-0.3, -0.25) is 9.69 Å². The first-order valence-electron chi connectivity index (χ1n) is 11.5. The van der Waals surface area contributed by atoms with Crippen LogP contribution in [-0.2, 0) is 6.54 Å². The van der Waals surface area contributed by atoms with Crippen LogP contribution < -0.4 is 15.5 Å². The lowest BCUT2D eigenvalue weighted by Crippen LogP contribution is -2.47. The Morgan fingerprint density at radius 1 is 1.09 bits per heavy atom. The number of amides is 1. The average Bonchev–Trinajstić information content (AvgIpc) is 3.21. The number of anilines is 3. The number of pyridine rings is 2. The fraction of sp³-hybridized carbons (Fsp3) is 0.320. The van der Waals surface area contributed by atoms with E-state index in [2.05, 4.69) is 30.4 Å². The number of benzene rings is 1. The molecule has 1 fully saturated rings. The minimum absolute atomic E-state index is 0.0930. The Hall–Kier alpha value is -3.66. The van der Waals surface area contributed by atoms with Crippen LogP contribution in [-0.4, -0.2) is 59.7 Å². The summed E-state index contributed by atoms with van der Waals surface area (Å²) in [7, 11) is 0. The highest BCUT2D eigenvalue weighted by atomic mass is 19.1. The molecule has 182 valence electrons. The van der Waals surface area contributed by atoms with E-state index in [1.807, 2.05) is 6.07 Å². The highest BCUT2D eigenvalue weighted by molar-refractivity contribution is 6.04. The second-order valence-electron chi connectivity index (χ2n) is 8.75. The van der Waals surface area contributed by atoms with Crippen LogP contribution in [0.1, 0.15) is 23.0 Å². The Morgan fingerprint density at radius 3 is 2.49 bits per heavy atom. The van der Waals surface area contributed by atoms with Gasteiger partial charge < -0.3 is 15.5 Å². The Morgan fingerprint density at radius 2 is 1.83 bits per heavy atom. The predicted octanol–water partition coefficient (Wildman–Crippen LogP) is 3.89. The Balaban J connectivity index is 1.38. The Bertz CT molecular complexity index is 1220. The molecule has 1 unspecified atom stereocenters. The highest BCUT2D eigenvalue weighted by Crippen LogP contribution is 2.33. The molecule has 1 atom stereocenters. The third kappa shape index (κ3) is 4.79. The molecule has 0 bridgehead atoms. The van der Waals surface area contributed by atoms with Crippen LogP contribution in [0.5, 0.6) is 0 Å². The van der Waals surface area contributed by atoms with Crippen molar-refractivity contribution in [2.75, 3.05) is 42.9 Å². The summed E-state index contributed by atoms with van der Waals surface area (Å²) in [6, 6.07) is 8.80. The second-order valence-corrected chi connectivity index (χ2v) is 8.75. The summed E-state index contributed by atoms with van der Waals surface area (Å²) in [5.74, 6) is -1.30. The summed E-state index contributed by atoms with van der Waals surface area (Å²) >= 11 is 0. The van der Waals surface area contributed by atoms with Gasteiger partial charge in [0.1, 0.15) is 23.6 Å². The van der Waals surface area contributed by atoms with E-state index in [-0.39, 0.29) is 23.7 Å². The van der Waals surface area contributed by atoms with Crippen molar-refractivity contribution in [3.63, 3.8) is 0 Å². The number of piperazine rings is 1. The van der Waals surface area contributed by atoms with E-state index in [4.69, 9.17) is 0 Å². The number of halogens is 3. The molecule has 35 heavy (non-hydrogen) atoms. The van der Waals surface area contributed by atoms with Gasteiger partial charge in [-0.1, -0.05) is 6.07 Å². The highest BCUT2D eigenvalue weighted by Gasteiger charge is 2.27. The SMILES string of the molecule is CC(F)CN1CCN(c2ccc(Nc3cc(-c4c(F)cccc4F)nc4c3C(=O)NC4)nc2)CC1. The van der Waals surface area contributed by atoms with Crippen LogP contribution in [0.3, 0.4) is 0 Å². The molecule has 0 aliphatic carbocycles. The number of aromatic nitrogens is 2. The minimum atomic E-state index is -0.847. The van der Waals surface area contributed by atoms with Gasteiger partial charge in [0, 0.05) is 32.7 Å². The van der Waals surface area contributed by atoms with Crippen molar-refractivity contribution in [2.24, 2.45) is 0 Å². The fourth-order valence-corrected chi connectivity index (χ4v) is 4.53. The maximum atomic E-state index is 14.4. The molecule has 4 heterocycles. The normalized spacial score (nSPS) is 16.7. The summed E-state index contributed by atoms with van der Waals surface area (Å²) < 4.78 is 42.1. The lowest BCUT2D eigenvalue weighted by atomic mass is 10.1. The van der Waals surface area contributed by atoms with Crippen molar-refractivity contribution in [3.8, 4) is 11.3 Å². The molecule has 1 saturated heterocycles.